The molecule has 0 saturated carbocycles. The molecular weight excluding hydrogens is 245 g/mol. The van der Waals surface area contributed by atoms with Gasteiger partial charge in [0.15, 0.2) is 0 Å². The lowest BCUT2D eigenvalue weighted by Gasteiger charge is -2.14. The van der Waals surface area contributed by atoms with Crippen LogP contribution < -0.4 is 16.6 Å². The van der Waals surface area contributed by atoms with Gasteiger partial charge in [0.25, 0.3) is 0 Å². The van der Waals surface area contributed by atoms with E-state index in [2.05, 4.69) is 20.7 Å². The lowest BCUT2D eigenvalue weighted by atomic mass is 10.1. The average molecular weight is 261 g/mol. The summed E-state index contributed by atoms with van der Waals surface area (Å²) in [5.41, 5.74) is 5.00. The van der Waals surface area contributed by atoms with Crippen molar-refractivity contribution in [3.8, 4) is 0 Å². The Kier molecular flexibility index (Phi) is 3.91. The van der Waals surface area contributed by atoms with Crippen molar-refractivity contribution in [1.29, 1.82) is 0 Å². The molecule has 2 rings (SSSR count). The summed E-state index contributed by atoms with van der Waals surface area (Å²) in [4.78, 5) is 8.23. The van der Waals surface area contributed by atoms with Crippen molar-refractivity contribution in [2.45, 2.75) is 20.3 Å². The number of hydrazine groups is 1. The van der Waals surface area contributed by atoms with Gasteiger partial charge in [0, 0.05) is 11.3 Å². The number of hydrogen-bond acceptors (Lipinski definition) is 5. The summed E-state index contributed by atoms with van der Waals surface area (Å²) in [5, 5.41) is 3.12. The molecule has 0 atom stereocenters. The highest BCUT2D eigenvalue weighted by Crippen LogP contribution is 2.25. The molecule has 100 valence electrons. The van der Waals surface area contributed by atoms with Gasteiger partial charge in [0.05, 0.1) is 0 Å². The van der Waals surface area contributed by atoms with Gasteiger partial charge in [-0.2, -0.15) is 0 Å². The molecule has 0 bridgehead atoms. The SMILES string of the molecule is CCc1c(NN)ncnc1Nc1cc(F)ccc1C. The van der Waals surface area contributed by atoms with E-state index in [-0.39, 0.29) is 5.82 Å². The van der Waals surface area contributed by atoms with Crippen LogP contribution in [0.25, 0.3) is 0 Å². The average Bonchev–Trinajstić information content (AvgIpc) is 2.42. The summed E-state index contributed by atoms with van der Waals surface area (Å²) >= 11 is 0. The molecule has 1 aromatic carbocycles. The Morgan fingerprint density at radius 2 is 2.00 bits per heavy atom. The van der Waals surface area contributed by atoms with Gasteiger partial charge in [-0.15, -0.1) is 0 Å². The zero-order valence-electron chi connectivity index (χ0n) is 10.9. The highest BCUT2D eigenvalue weighted by molar-refractivity contribution is 5.66. The van der Waals surface area contributed by atoms with Crippen molar-refractivity contribution in [2.75, 3.05) is 10.7 Å². The van der Waals surface area contributed by atoms with Crippen LogP contribution in [0.1, 0.15) is 18.1 Å². The van der Waals surface area contributed by atoms with Gasteiger partial charge in [-0.05, 0) is 31.0 Å². The molecule has 0 amide bonds. The van der Waals surface area contributed by atoms with Crippen molar-refractivity contribution >= 4 is 17.3 Å². The molecule has 0 saturated heterocycles. The van der Waals surface area contributed by atoms with Gasteiger partial charge in [-0.25, -0.2) is 20.2 Å². The summed E-state index contributed by atoms with van der Waals surface area (Å²) in [5.74, 6) is 6.31. The van der Waals surface area contributed by atoms with Crippen molar-refractivity contribution in [3.63, 3.8) is 0 Å². The Morgan fingerprint density at radius 1 is 1.26 bits per heavy atom. The molecule has 0 fully saturated rings. The summed E-state index contributed by atoms with van der Waals surface area (Å²) in [6.45, 7) is 3.87. The molecule has 0 aliphatic rings. The number of nitrogens with two attached hydrogens (primary N) is 1. The van der Waals surface area contributed by atoms with E-state index in [0.717, 1.165) is 11.1 Å². The summed E-state index contributed by atoms with van der Waals surface area (Å²) < 4.78 is 13.3. The number of halogens is 1. The molecule has 6 heteroatoms. The van der Waals surface area contributed by atoms with Crippen LogP contribution in [-0.4, -0.2) is 9.97 Å². The second kappa shape index (κ2) is 5.62. The molecule has 5 nitrogen and oxygen atoms in total. The predicted octanol–water partition coefficient (Wildman–Crippen LogP) is 2.52. The Bertz CT molecular complexity index is 585. The quantitative estimate of drug-likeness (QED) is 0.582. The summed E-state index contributed by atoms with van der Waals surface area (Å²) in [6, 6.07) is 4.58. The molecule has 1 aromatic heterocycles. The molecule has 1 heterocycles. The van der Waals surface area contributed by atoms with Gasteiger partial charge in [0.1, 0.15) is 23.8 Å². The summed E-state index contributed by atoms with van der Waals surface area (Å²) in [7, 11) is 0. The first-order valence-corrected chi connectivity index (χ1v) is 5.99. The minimum Gasteiger partial charge on any atom is -0.340 e. The lowest BCUT2D eigenvalue weighted by molar-refractivity contribution is 0.628. The topological polar surface area (TPSA) is 75.9 Å². The first-order valence-electron chi connectivity index (χ1n) is 5.99. The van der Waals surface area contributed by atoms with E-state index in [9.17, 15) is 4.39 Å². The predicted molar refractivity (Wildman–Crippen MR) is 73.6 cm³/mol. The molecule has 0 aliphatic heterocycles. The molecule has 19 heavy (non-hydrogen) atoms. The van der Waals surface area contributed by atoms with Crippen LogP contribution in [0.5, 0.6) is 0 Å². The van der Waals surface area contributed by atoms with Crippen LogP contribution in [-0.2, 0) is 6.42 Å². The maximum atomic E-state index is 13.3. The van der Waals surface area contributed by atoms with Crippen molar-refractivity contribution in [3.05, 3.63) is 41.5 Å². The minimum atomic E-state index is -0.294. The van der Waals surface area contributed by atoms with E-state index in [1.54, 1.807) is 6.07 Å². The zero-order chi connectivity index (χ0) is 13.8. The maximum Gasteiger partial charge on any atom is 0.148 e. The zero-order valence-corrected chi connectivity index (χ0v) is 10.9. The molecular formula is C13H16FN5. The van der Waals surface area contributed by atoms with Crippen LogP contribution >= 0.6 is 0 Å². The third-order valence-electron chi connectivity index (χ3n) is 2.89. The first kappa shape index (κ1) is 13.2. The van der Waals surface area contributed by atoms with Crippen LogP contribution in [0, 0.1) is 12.7 Å². The van der Waals surface area contributed by atoms with Crippen LogP contribution in [0.4, 0.5) is 21.7 Å². The van der Waals surface area contributed by atoms with E-state index >= 15 is 0 Å². The van der Waals surface area contributed by atoms with Crippen molar-refractivity contribution < 1.29 is 4.39 Å². The molecule has 0 unspecified atom stereocenters. The normalized spacial score (nSPS) is 10.3. The maximum absolute atomic E-state index is 13.3. The summed E-state index contributed by atoms with van der Waals surface area (Å²) in [6.07, 6.45) is 2.11. The monoisotopic (exact) mass is 261 g/mol. The Morgan fingerprint density at radius 3 is 2.68 bits per heavy atom. The minimum absolute atomic E-state index is 0.294. The number of aromatic nitrogens is 2. The highest BCUT2D eigenvalue weighted by atomic mass is 19.1. The molecule has 0 radical (unpaired) electrons. The van der Waals surface area contributed by atoms with Gasteiger partial charge < -0.3 is 10.7 Å². The molecule has 0 spiro atoms. The van der Waals surface area contributed by atoms with E-state index in [1.165, 1.54) is 18.5 Å². The van der Waals surface area contributed by atoms with E-state index in [4.69, 9.17) is 5.84 Å². The van der Waals surface area contributed by atoms with E-state index < -0.39 is 0 Å². The first-order chi connectivity index (χ1) is 9.15. The van der Waals surface area contributed by atoms with Crippen LogP contribution in [0.3, 0.4) is 0 Å². The van der Waals surface area contributed by atoms with Crippen LogP contribution in [0.15, 0.2) is 24.5 Å². The lowest BCUT2D eigenvalue weighted by Crippen LogP contribution is -2.13. The van der Waals surface area contributed by atoms with E-state index in [0.29, 0.717) is 23.7 Å². The van der Waals surface area contributed by atoms with Crippen molar-refractivity contribution in [1.82, 2.24) is 9.97 Å². The second-order valence-electron chi connectivity index (χ2n) is 4.13. The third-order valence-corrected chi connectivity index (χ3v) is 2.89. The number of aryl methyl sites for hydroxylation is 1. The molecule has 4 N–H and O–H groups in total. The van der Waals surface area contributed by atoms with Gasteiger partial charge >= 0.3 is 0 Å². The van der Waals surface area contributed by atoms with E-state index in [1.807, 2.05) is 13.8 Å². The number of nitrogen functional groups attached to an aromatic ring is 1. The number of rotatable bonds is 4. The fourth-order valence-electron chi connectivity index (χ4n) is 1.84. The molecule has 0 aliphatic carbocycles. The number of benzene rings is 1. The van der Waals surface area contributed by atoms with Crippen LogP contribution in [0.2, 0.25) is 0 Å². The fourth-order valence-corrected chi connectivity index (χ4v) is 1.84. The highest BCUT2D eigenvalue weighted by Gasteiger charge is 2.10. The Hall–Kier alpha value is -2.21. The second-order valence-corrected chi connectivity index (χ2v) is 4.13. The number of anilines is 3. The standard InChI is InChI=1S/C13H16FN5/c1-3-10-12(16-7-17-13(10)19-15)18-11-6-9(14)5-4-8(11)2/h4-7H,3,15H2,1-2H3,(H2,16,17,18,19). The van der Waals surface area contributed by atoms with Gasteiger partial charge in [-0.1, -0.05) is 13.0 Å². The third kappa shape index (κ3) is 2.79. The molecule has 2 aromatic rings. The van der Waals surface area contributed by atoms with Crippen molar-refractivity contribution in [2.24, 2.45) is 5.84 Å². The van der Waals surface area contributed by atoms with Gasteiger partial charge in [-0.3, -0.25) is 0 Å². The number of hydrogen-bond donors (Lipinski definition) is 3. The smallest absolute Gasteiger partial charge is 0.148 e. The number of nitrogens with zero attached hydrogens (tertiary/aromatic N) is 2. The Balaban J connectivity index is 2.40. The van der Waals surface area contributed by atoms with Gasteiger partial charge in [0.2, 0.25) is 0 Å². The Labute approximate surface area is 111 Å². The fraction of sp³-hybridized carbons (Fsp3) is 0.231. The largest absolute Gasteiger partial charge is 0.340 e. The number of nitrogens with one attached hydrogen (secondary N) is 2.